The summed E-state index contributed by atoms with van der Waals surface area (Å²) in [4.78, 5) is 28.3. The van der Waals surface area contributed by atoms with Crippen LogP contribution in [-0.4, -0.2) is 16.8 Å². The van der Waals surface area contributed by atoms with Gasteiger partial charge in [0.2, 0.25) is 5.91 Å². The molecule has 0 unspecified atom stereocenters. The molecule has 1 heterocycles. The van der Waals surface area contributed by atoms with Crippen molar-refractivity contribution in [2.75, 3.05) is 10.6 Å². The van der Waals surface area contributed by atoms with Crippen molar-refractivity contribution in [2.24, 2.45) is 0 Å². The maximum Gasteiger partial charge on any atom is 0.267 e. The number of nitrogens with zero attached hydrogens (tertiary/aromatic N) is 1. The fraction of sp³-hybridized carbons (Fsp3) is 0.105. The Balaban J connectivity index is 1.78. The Labute approximate surface area is 153 Å². The molecule has 0 bridgehead atoms. The summed E-state index contributed by atoms with van der Waals surface area (Å²) in [7, 11) is 0. The molecule has 7 heteroatoms. The molecule has 0 aliphatic carbocycles. The number of amides is 2. The van der Waals surface area contributed by atoms with Gasteiger partial charge < -0.3 is 10.6 Å². The second-order valence-corrected chi connectivity index (χ2v) is 6.63. The zero-order chi connectivity index (χ0) is 18.7. The number of carbonyl (C=O) groups is 2. The van der Waals surface area contributed by atoms with Gasteiger partial charge in [-0.1, -0.05) is 12.1 Å². The van der Waals surface area contributed by atoms with Crippen molar-refractivity contribution in [2.45, 2.75) is 13.8 Å². The van der Waals surface area contributed by atoms with E-state index in [1.807, 2.05) is 0 Å². The number of halogens is 1. The number of carbonyl (C=O) groups excluding carboxylic acids is 2. The van der Waals surface area contributed by atoms with E-state index >= 15 is 0 Å². The average molecular weight is 369 g/mol. The van der Waals surface area contributed by atoms with Crippen molar-refractivity contribution in [3.63, 3.8) is 0 Å². The van der Waals surface area contributed by atoms with Crippen LogP contribution < -0.4 is 10.6 Å². The van der Waals surface area contributed by atoms with Crippen LogP contribution in [-0.2, 0) is 4.79 Å². The Kier molecular flexibility index (Phi) is 5.09. The van der Waals surface area contributed by atoms with E-state index in [0.29, 0.717) is 32.5 Å². The highest BCUT2D eigenvalue weighted by atomic mass is 32.1. The van der Waals surface area contributed by atoms with E-state index in [0.717, 1.165) is 11.3 Å². The maximum atomic E-state index is 13.9. The van der Waals surface area contributed by atoms with Crippen molar-refractivity contribution in [3.05, 3.63) is 64.9 Å². The normalized spacial score (nSPS) is 10.4. The van der Waals surface area contributed by atoms with Crippen LogP contribution in [0.15, 0.2) is 48.5 Å². The van der Waals surface area contributed by atoms with E-state index in [2.05, 4.69) is 15.6 Å². The van der Waals surface area contributed by atoms with Crippen molar-refractivity contribution < 1.29 is 14.0 Å². The summed E-state index contributed by atoms with van der Waals surface area (Å²) >= 11 is 1.15. The number of aromatic nitrogens is 1. The third-order valence-corrected chi connectivity index (χ3v) is 4.76. The molecule has 0 saturated carbocycles. The van der Waals surface area contributed by atoms with Crippen LogP contribution in [0, 0.1) is 12.7 Å². The first kappa shape index (κ1) is 17.8. The van der Waals surface area contributed by atoms with Crippen molar-refractivity contribution in [3.8, 4) is 10.6 Å². The number of rotatable bonds is 4. The molecule has 26 heavy (non-hydrogen) atoms. The first-order chi connectivity index (χ1) is 12.4. The summed E-state index contributed by atoms with van der Waals surface area (Å²) < 4.78 is 13.9. The van der Waals surface area contributed by atoms with Crippen LogP contribution in [0.25, 0.3) is 10.6 Å². The Hall–Kier alpha value is -3.06. The van der Waals surface area contributed by atoms with Gasteiger partial charge in [0.15, 0.2) is 0 Å². The van der Waals surface area contributed by atoms with Crippen molar-refractivity contribution in [1.29, 1.82) is 0 Å². The largest absolute Gasteiger partial charge is 0.326 e. The second kappa shape index (κ2) is 7.45. The number of thiazole rings is 1. The van der Waals surface area contributed by atoms with E-state index < -0.39 is 0 Å². The Morgan fingerprint density at radius 1 is 1.00 bits per heavy atom. The van der Waals surface area contributed by atoms with E-state index in [-0.39, 0.29) is 17.6 Å². The smallest absolute Gasteiger partial charge is 0.267 e. The van der Waals surface area contributed by atoms with Gasteiger partial charge in [0.1, 0.15) is 15.7 Å². The lowest BCUT2D eigenvalue weighted by Gasteiger charge is -2.06. The first-order valence-corrected chi connectivity index (χ1v) is 8.67. The molecule has 3 aromatic rings. The monoisotopic (exact) mass is 369 g/mol. The summed E-state index contributed by atoms with van der Waals surface area (Å²) in [6.45, 7) is 3.14. The summed E-state index contributed by atoms with van der Waals surface area (Å²) in [6, 6.07) is 13.1. The van der Waals surface area contributed by atoms with Gasteiger partial charge >= 0.3 is 0 Å². The van der Waals surface area contributed by atoms with Crippen molar-refractivity contribution in [1.82, 2.24) is 4.98 Å². The lowest BCUT2D eigenvalue weighted by molar-refractivity contribution is -0.114. The van der Waals surface area contributed by atoms with Crippen LogP contribution in [0.2, 0.25) is 0 Å². The highest BCUT2D eigenvalue weighted by Crippen LogP contribution is 2.30. The Morgan fingerprint density at radius 3 is 2.23 bits per heavy atom. The summed E-state index contributed by atoms with van der Waals surface area (Å²) in [5.41, 5.74) is 2.15. The third-order valence-electron chi connectivity index (χ3n) is 3.57. The molecule has 0 aliphatic heterocycles. The van der Waals surface area contributed by atoms with Crippen LogP contribution in [0.4, 0.5) is 15.8 Å². The van der Waals surface area contributed by atoms with Gasteiger partial charge in [-0.25, -0.2) is 9.37 Å². The molecular formula is C19H16FN3O2S. The van der Waals surface area contributed by atoms with Gasteiger partial charge in [0.25, 0.3) is 5.91 Å². The van der Waals surface area contributed by atoms with Crippen LogP contribution in [0.3, 0.4) is 0 Å². The minimum absolute atomic E-state index is 0.164. The van der Waals surface area contributed by atoms with Crippen LogP contribution >= 0.6 is 11.3 Å². The SMILES string of the molecule is CC(=O)Nc1ccc(NC(=O)c2sc(-c3ccccc3F)nc2C)cc1. The van der Waals surface area contributed by atoms with Crippen LogP contribution in [0.5, 0.6) is 0 Å². The molecule has 0 spiro atoms. The molecule has 5 nitrogen and oxygen atoms in total. The molecule has 132 valence electrons. The molecule has 2 aromatic carbocycles. The van der Waals surface area contributed by atoms with Gasteiger partial charge in [-0.05, 0) is 43.3 Å². The number of nitrogens with one attached hydrogen (secondary N) is 2. The number of hydrogen-bond acceptors (Lipinski definition) is 4. The lowest BCUT2D eigenvalue weighted by Crippen LogP contribution is -2.11. The number of benzene rings is 2. The van der Waals surface area contributed by atoms with E-state index in [9.17, 15) is 14.0 Å². The molecule has 0 saturated heterocycles. The molecular weight excluding hydrogens is 353 g/mol. The molecule has 0 fully saturated rings. The van der Waals surface area contributed by atoms with Gasteiger partial charge in [-0.3, -0.25) is 9.59 Å². The first-order valence-electron chi connectivity index (χ1n) is 7.85. The van der Waals surface area contributed by atoms with Gasteiger partial charge in [-0.2, -0.15) is 0 Å². The predicted molar refractivity (Wildman–Crippen MR) is 101 cm³/mol. The third kappa shape index (κ3) is 3.94. The predicted octanol–water partition coefficient (Wildman–Crippen LogP) is 4.47. The zero-order valence-corrected chi connectivity index (χ0v) is 15.0. The minimum Gasteiger partial charge on any atom is -0.326 e. The highest BCUT2D eigenvalue weighted by molar-refractivity contribution is 7.17. The second-order valence-electron chi connectivity index (χ2n) is 5.63. The van der Waals surface area contributed by atoms with E-state index in [4.69, 9.17) is 0 Å². The highest BCUT2D eigenvalue weighted by Gasteiger charge is 2.18. The Morgan fingerprint density at radius 2 is 1.62 bits per heavy atom. The quantitative estimate of drug-likeness (QED) is 0.713. The van der Waals surface area contributed by atoms with Crippen LogP contribution in [0.1, 0.15) is 22.3 Å². The topological polar surface area (TPSA) is 71.1 Å². The minimum atomic E-state index is -0.373. The van der Waals surface area contributed by atoms with Crippen molar-refractivity contribution >= 4 is 34.5 Å². The van der Waals surface area contributed by atoms with E-state index in [1.54, 1.807) is 49.4 Å². The number of hydrogen-bond donors (Lipinski definition) is 2. The zero-order valence-electron chi connectivity index (χ0n) is 14.2. The summed E-state index contributed by atoms with van der Waals surface area (Å²) in [5, 5.41) is 5.91. The standard InChI is InChI=1S/C19H16FN3O2S/c1-11-17(26-19(21-11)15-5-3-4-6-16(15)20)18(25)23-14-9-7-13(8-10-14)22-12(2)24/h3-10H,1-2H3,(H,22,24)(H,23,25). The fourth-order valence-electron chi connectivity index (χ4n) is 2.38. The maximum absolute atomic E-state index is 13.9. The molecule has 2 amide bonds. The molecule has 2 N–H and O–H groups in total. The Bertz CT molecular complexity index is 967. The van der Waals surface area contributed by atoms with Gasteiger partial charge in [0.05, 0.1) is 5.69 Å². The van der Waals surface area contributed by atoms with Gasteiger partial charge in [-0.15, -0.1) is 11.3 Å². The molecule has 0 radical (unpaired) electrons. The molecule has 3 rings (SSSR count). The number of anilines is 2. The summed E-state index contributed by atoms with van der Waals surface area (Å²) in [5.74, 6) is -0.848. The molecule has 0 atom stereocenters. The van der Waals surface area contributed by atoms with Gasteiger partial charge in [0, 0.05) is 23.9 Å². The average Bonchev–Trinajstić information content (AvgIpc) is 2.98. The molecule has 1 aromatic heterocycles. The molecule has 0 aliphatic rings. The number of aryl methyl sites for hydroxylation is 1. The lowest BCUT2D eigenvalue weighted by atomic mass is 10.2. The fourth-order valence-corrected chi connectivity index (χ4v) is 3.37. The van der Waals surface area contributed by atoms with E-state index in [1.165, 1.54) is 13.0 Å². The summed E-state index contributed by atoms with van der Waals surface area (Å²) in [6.07, 6.45) is 0.